The van der Waals surface area contributed by atoms with Crippen molar-refractivity contribution in [2.75, 3.05) is 13.1 Å². The summed E-state index contributed by atoms with van der Waals surface area (Å²) in [7, 11) is 0. The molecular weight excluding hydrogens is 310 g/mol. The molecule has 25 heavy (non-hydrogen) atoms. The molecule has 4 nitrogen and oxygen atoms in total. The van der Waals surface area contributed by atoms with E-state index in [1.807, 2.05) is 17.2 Å². The van der Waals surface area contributed by atoms with Crippen molar-refractivity contribution >= 4 is 16.8 Å². The lowest BCUT2D eigenvalue weighted by atomic mass is 9.88. The fourth-order valence-electron chi connectivity index (χ4n) is 3.67. The third-order valence-electron chi connectivity index (χ3n) is 5.07. The summed E-state index contributed by atoms with van der Waals surface area (Å²) in [4.78, 5) is 22.9. The molecule has 1 saturated heterocycles. The summed E-state index contributed by atoms with van der Waals surface area (Å²) in [6.45, 7) is 1.66. The minimum absolute atomic E-state index is 0.121. The van der Waals surface area contributed by atoms with Gasteiger partial charge in [0, 0.05) is 42.6 Å². The number of hydrogen-bond donors (Lipinski definition) is 0. The highest BCUT2D eigenvalue weighted by molar-refractivity contribution is 5.94. The highest BCUT2D eigenvalue weighted by Gasteiger charge is 2.24. The average Bonchev–Trinajstić information content (AvgIpc) is 2.69. The topological polar surface area (TPSA) is 46.1 Å². The monoisotopic (exact) mass is 331 g/mol. The first kappa shape index (κ1) is 15.8. The molecule has 0 unspecified atom stereocenters. The Morgan fingerprint density at radius 1 is 1.00 bits per heavy atom. The normalized spacial score (nSPS) is 15.4. The lowest BCUT2D eigenvalue weighted by Gasteiger charge is -2.32. The van der Waals surface area contributed by atoms with Crippen LogP contribution in [0, 0.1) is 5.92 Å². The van der Waals surface area contributed by atoms with Crippen LogP contribution in [0.2, 0.25) is 0 Å². The average molecular weight is 331 g/mol. The van der Waals surface area contributed by atoms with Gasteiger partial charge in [-0.05, 0) is 55.0 Å². The number of hydrogen-bond acceptors (Lipinski definition) is 3. The highest BCUT2D eigenvalue weighted by Crippen LogP contribution is 2.26. The summed E-state index contributed by atoms with van der Waals surface area (Å²) in [5.41, 5.74) is 3.16. The van der Waals surface area contributed by atoms with E-state index in [1.165, 1.54) is 10.9 Å². The molecule has 1 fully saturated rings. The molecule has 4 heteroatoms. The van der Waals surface area contributed by atoms with Crippen molar-refractivity contribution < 1.29 is 4.79 Å². The molecule has 3 aromatic rings. The van der Waals surface area contributed by atoms with E-state index in [0.717, 1.165) is 43.4 Å². The van der Waals surface area contributed by atoms with Crippen molar-refractivity contribution in [2.24, 2.45) is 5.92 Å². The molecule has 0 bridgehead atoms. The minimum Gasteiger partial charge on any atom is -0.339 e. The molecule has 0 N–H and O–H groups in total. The van der Waals surface area contributed by atoms with E-state index in [9.17, 15) is 4.79 Å². The van der Waals surface area contributed by atoms with Crippen molar-refractivity contribution in [2.45, 2.75) is 19.3 Å². The Balaban J connectivity index is 1.41. The number of benzene rings is 1. The van der Waals surface area contributed by atoms with Gasteiger partial charge in [-0.3, -0.25) is 14.8 Å². The zero-order valence-corrected chi connectivity index (χ0v) is 14.1. The minimum atomic E-state index is 0.121. The maximum Gasteiger partial charge on any atom is 0.253 e. The van der Waals surface area contributed by atoms with Gasteiger partial charge in [0.05, 0.1) is 5.52 Å². The Bertz CT molecular complexity index is 865. The second kappa shape index (κ2) is 7.01. The van der Waals surface area contributed by atoms with Crippen LogP contribution in [0.25, 0.3) is 10.9 Å². The Labute approximate surface area is 147 Å². The van der Waals surface area contributed by atoms with E-state index in [4.69, 9.17) is 0 Å². The standard InChI is InChI=1S/C21H21N3O/c25-21(17-6-11-22-12-7-17)24-13-8-16(9-14-24)15-18-3-1-5-20-19(18)4-2-10-23-20/h1-7,10-12,16H,8-9,13-15H2. The molecule has 1 aromatic carbocycles. The third-order valence-corrected chi connectivity index (χ3v) is 5.07. The number of piperidine rings is 1. The molecule has 0 saturated carbocycles. The summed E-state index contributed by atoms with van der Waals surface area (Å²) in [6.07, 6.45) is 8.35. The lowest BCUT2D eigenvalue weighted by Crippen LogP contribution is -2.38. The molecule has 4 rings (SSSR count). The van der Waals surface area contributed by atoms with Crippen molar-refractivity contribution in [3.63, 3.8) is 0 Å². The zero-order valence-electron chi connectivity index (χ0n) is 14.1. The van der Waals surface area contributed by atoms with Gasteiger partial charge in [-0.25, -0.2) is 0 Å². The fourth-order valence-corrected chi connectivity index (χ4v) is 3.67. The van der Waals surface area contributed by atoms with Gasteiger partial charge in [0.2, 0.25) is 0 Å². The van der Waals surface area contributed by atoms with Crippen LogP contribution in [0.15, 0.2) is 61.1 Å². The number of carbonyl (C=O) groups excluding carboxylic acids is 1. The molecule has 1 aliphatic rings. The van der Waals surface area contributed by atoms with E-state index >= 15 is 0 Å². The van der Waals surface area contributed by atoms with Crippen LogP contribution in [0.3, 0.4) is 0 Å². The molecule has 0 radical (unpaired) electrons. The molecule has 2 aromatic heterocycles. The zero-order chi connectivity index (χ0) is 17.1. The quantitative estimate of drug-likeness (QED) is 0.735. The first-order chi connectivity index (χ1) is 12.3. The van der Waals surface area contributed by atoms with Gasteiger partial charge >= 0.3 is 0 Å². The van der Waals surface area contributed by atoms with Crippen molar-refractivity contribution in [3.05, 3.63) is 72.2 Å². The first-order valence-corrected chi connectivity index (χ1v) is 8.83. The largest absolute Gasteiger partial charge is 0.339 e. The molecule has 126 valence electrons. The van der Waals surface area contributed by atoms with Gasteiger partial charge < -0.3 is 4.90 Å². The SMILES string of the molecule is O=C(c1ccncc1)N1CCC(Cc2cccc3ncccc23)CC1. The molecule has 0 spiro atoms. The van der Waals surface area contributed by atoms with Gasteiger partial charge in [0.1, 0.15) is 0 Å². The summed E-state index contributed by atoms with van der Waals surface area (Å²) in [5.74, 6) is 0.738. The van der Waals surface area contributed by atoms with Gasteiger partial charge in [0.15, 0.2) is 0 Å². The van der Waals surface area contributed by atoms with Gasteiger partial charge in [-0.2, -0.15) is 0 Å². The summed E-state index contributed by atoms with van der Waals surface area (Å²) in [5, 5.41) is 1.25. The second-order valence-electron chi connectivity index (χ2n) is 6.66. The number of pyridine rings is 2. The Morgan fingerprint density at radius 3 is 2.60 bits per heavy atom. The second-order valence-corrected chi connectivity index (χ2v) is 6.66. The lowest BCUT2D eigenvalue weighted by molar-refractivity contribution is 0.0690. The van der Waals surface area contributed by atoms with Gasteiger partial charge in [0.25, 0.3) is 5.91 Å². The fraction of sp³-hybridized carbons (Fsp3) is 0.286. The van der Waals surface area contributed by atoms with E-state index in [2.05, 4.69) is 34.2 Å². The summed E-state index contributed by atoms with van der Waals surface area (Å²) >= 11 is 0. The van der Waals surface area contributed by atoms with Gasteiger partial charge in [-0.15, -0.1) is 0 Å². The van der Waals surface area contributed by atoms with Crippen LogP contribution in [-0.4, -0.2) is 33.9 Å². The van der Waals surface area contributed by atoms with E-state index in [1.54, 1.807) is 24.5 Å². The van der Waals surface area contributed by atoms with Crippen LogP contribution in [0.1, 0.15) is 28.8 Å². The Hall–Kier alpha value is -2.75. The molecule has 1 amide bonds. The molecule has 0 atom stereocenters. The maximum absolute atomic E-state index is 12.5. The molecule has 1 aliphatic heterocycles. The number of amides is 1. The molecule has 0 aliphatic carbocycles. The van der Waals surface area contributed by atoms with Gasteiger partial charge in [-0.1, -0.05) is 18.2 Å². The number of likely N-dealkylation sites (tertiary alicyclic amines) is 1. The number of nitrogens with zero attached hydrogens (tertiary/aromatic N) is 3. The van der Waals surface area contributed by atoms with Crippen LogP contribution in [-0.2, 0) is 6.42 Å². The van der Waals surface area contributed by atoms with E-state index in [0.29, 0.717) is 5.92 Å². The van der Waals surface area contributed by atoms with E-state index in [-0.39, 0.29) is 5.91 Å². The predicted octanol–water partition coefficient (Wildman–Crippen LogP) is 3.72. The number of rotatable bonds is 3. The van der Waals surface area contributed by atoms with E-state index < -0.39 is 0 Å². The summed E-state index contributed by atoms with van der Waals surface area (Å²) in [6, 6.07) is 14.1. The summed E-state index contributed by atoms with van der Waals surface area (Å²) < 4.78 is 0. The van der Waals surface area contributed by atoms with Crippen molar-refractivity contribution in [1.29, 1.82) is 0 Å². The highest BCUT2D eigenvalue weighted by atomic mass is 16.2. The smallest absolute Gasteiger partial charge is 0.253 e. The molecular formula is C21H21N3O. The predicted molar refractivity (Wildman–Crippen MR) is 98.3 cm³/mol. The van der Waals surface area contributed by atoms with Crippen molar-refractivity contribution in [1.82, 2.24) is 14.9 Å². The van der Waals surface area contributed by atoms with Crippen LogP contribution in [0.5, 0.6) is 0 Å². The van der Waals surface area contributed by atoms with Crippen LogP contribution in [0.4, 0.5) is 0 Å². The Kier molecular flexibility index (Phi) is 4.42. The third kappa shape index (κ3) is 3.38. The molecule has 3 heterocycles. The number of carbonyl (C=O) groups is 1. The first-order valence-electron chi connectivity index (χ1n) is 8.83. The maximum atomic E-state index is 12.5. The Morgan fingerprint density at radius 2 is 1.80 bits per heavy atom. The van der Waals surface area contributed by atoms with Crippen LogP contribution < -0.4 is 0 Å². The van der Waals surface area contributed by atoms with Crippen LogP contribution >= 0.6 is 0 Å². The number of fused-ring (bicyclic) bond motifs is 1. The number of aromatic nitrogens is 2. The van der Waals surface area contributed by atoms with Crippen molar-refractivity contribution in [3.8, 4) is 0 Å².